The van der Waals surface area contributed by atoms with E-state index in [0.717, 1.165) is 29.2 Å². The Hall–Kier alpha value is -1.68. The zero-order chi connectivity index (χ0) is 14.9. The first-order valence-corrected chi connectivity index (χ1v) is 6.99. The molecule has 0 bridgehead atoms. The van der Waals surface area contributed by atoms with Gasteiger partial charge >= 0.3 is 0 Å². The molecule has 0 saturated heterocycles. The minimum atomic E-state index is 0.0163. The second-order valence-corrected chi connectivity index (χ2v) is 5.25. The molecule has 0 N–H and O–H groups in total. The van der Waals surface area contributed by atoms with Gasteiger partial charge in [-0.25, -0.2) is 0 Å². The van der Waals surface area contributed by atoms with Crippen LogP contribution in [-0.2, 0) is 19.9 Å². The largest absolute Gasteiger partial charge is 0.294 e. The topological polar surface area (TPSA) is 47.8 Å². The van der Waals surface area contributed by atoms with E-state index in [4.69, 9.17) is 11.6 Å². The summed E-state index contributed by atoms with van der Waals surface area (Å²) in [5.74, 6) is 0.0163. The minimum Gasteiger partial charge on any atom is -0.294 e. The maximum Gasteiger partial charge on any atom is 0.170 e. The van der Waals surface area contributed by atoms with Gasteiger partial charge in [0.1, 0.15) is 0 Å². The number of aromatic nitrogens is 3. The van der Waals surface area contributed by atoms with Gasteiger partial charge in [-0.15, -0.1) is 0 Å². The third-order valence-corrected chi connectivity index (χ3v) is 3.79. The van der Waals surface area contributed by atoms with Gasteiger partial charge in [0.25, 0.3) is 0 Å². The van der Waals surface area contributed by atoms with Crippen molar-refractivity contribution in [2.75, 3.05) is 0 Å². The number of aryl methyl sites for hydroxylation is 4. The summed E-state index contributed by atoms with van der Waals surface area (Å²) in [6.45, 7) is 5.75. The van der Waals surface area contributed by atoms with Crippen molar-refractivity contribution in [3.8, 4) is 0 Å². The molecule has 0 aromatic carbocycles. The standard InChI is InChI=1S/C15H18ClN3O/c1-5-12-15(16)13(19(4)18-12)8-14(20)11-7-6-9(2)17-10(11)3/h6-7H,5,8H2,1-4H3. The number of nitrogens with zero attached hydrogens (tertiary/aromatic N) is 3. The van der Waals surface area contributed by atoms with Crippen LogP contribution in [0.25, 0.3) is 0 Å². The van der Waals surface area contributed by atoms with Crippen LogP contribution in [0.4, 0.5) is 0 Å². The van der Waals surface area contributed by atoms with Crippen LogP contribution in [0.5, 0.6) is 0 Å². The zero-order valence-corrected chi connectivity index (χ0v) is 13.0. The molecule has 2 rings (SSSR count). The Morgan fingerprint density at radius 3 is 2.60 bits per heavy atom. The molecule has 106 valence electrons. The fourth-order valence-corrected chi connectivity index (χ4v) is 2.60. The van der Waals surface area contributed by atoms with Crippen LogP contribution in [0.1, 0.15) is 40.1 Å². The molecular weight excluding hydrogens is 274 g/mol. The van der Waals surface area contributed by atoms with Crippen LogP contribution in [0.15, 0.2) is 12.1 Å². The number of hydrogen-bond acceptors (Lipinski definition) is 3. The summed E-state index contributed by atoms with van der Waals surface area (Å²) in [4.78, 5) is 16.7. The van der Waals surface area contributed by atoms with Crippen LogP contribution >= 0.6 is 11.6 Å². The SMILES string of the molecule is CCc1nn(C)c(CC(=O)c2ccc(C)nc2C)c1Cl. The summed E-state index contributed by atoms with van der Waals surface area (Å²) in [6.07, 6.45) is 1.000. The maximum atomic E-state index is 12.4. The van der Waals surface area contributed by atoms with Crippen LogP contribution in [-0.4, -0.2) is 20.5 Å². The molecule has 0 fully saturated rings. The summed E-state index contributed by atoms with van der Waals surface area (Å²) >= 11 is 6.28. The Balaban J connectivity index is 2.30. The van der Waals surface area contributed by atoms with Crippen molar-refractivity contribution in [1.29, 1.82) is 0 Å². The van der Waals surface area contributed by atoms with Gasteiger partial charge in [-0.3, -0.25) is 14.5 Å². The van der Waals surface area contributed by atoms with Crippen molar-refractivity contribution in [3.63, 3.8) is 0 Å². The minimum absolute atomic E-state index is 0.0163. The lowest BCUT2D eigenvalue weighted by Crippen LogP contribution is -2.10. The Morgan fingerprint density at radius 1 is 1.35 bits per heavy atom. The molecule has 5 heteroatoms. The zero-order valence-electron chi connectivity index (χ0n) is 12.2. The number of pyridine rings is 1. The average Bonchev–Trinajstić information content (AvgIpc) is 2.66. The van der Waals surface area contributed by atoms with Gasteiger partial charge in [-0.1, -0.05) is 18.5 Å². The van der Waals surface area contributed by atoms with Crippen molar-refractivity contribution >= 4 is 17.4 Å². The molecule has 2 aromatic heterocycles. The normalized spacial score (nSPS) is 10.8. The molecular formula is C15H18ClN3O. The van der Waals surface area contributed by atoms with E-state index >= 15 is 0 Å². The Bertz CT molecular complexity index is 661. The first-order chi connectivity index (χ1) is 9.43. The molecule has 0 radical (unpaired) electrons. The molecule has 0 amide bonds. The number of carbonyl (C=O) groups is 1. The fraction of sp³-hybridized carbons (Fsp3) is 0.400. The fourth-order valence-electron chi connectivity index (χ4n) is 2.24. The smallest absolute Gasteiger partial charge is 0.170 e. The average molecular weight is 292 g/mol. The number of hydrogen-bond donors (Lipinski definition) is 0. The summed E-state index contributed by atoms with van der Waals surface area (Å²) in [5.41, 5.74) is 3.89. The molecule has 2 heterocycles. The molecule has 20 heavy (non-hydrogen) atoms. The molecule has 0 aliphatic carbocycles. The van der Waals surface area contributed by atoms with E-state index in [1.807, 2.05) is 40.0 Å². The van der Waals surface area contributed by atoms with E-state index in [1.54, 1.807) is 4.68 Å². The van der Waals surface area contributed by atoms with Crippen LogP contribution in [0.3, 0.4) is 0 Å². The molecule has 0 unspecified atom stereocenters. The molecule has 0 aliphatic rings. The highest BCUT2D eigenvalue weighted by molar-refractivity contribution is 6.32. The molecule has 0 aliphatic heterocycles. The van der Waals surface area contributed by atoms with E-state index < -0.39 is 0 Å². The molecule has 2 aromatic rings. The number of halogens is 1. The Kier molecular flexibility index (Phi) is 4.23. The van der Waals surface area contributed by atoms with Gasteiger partial charge in [0.2, 0.25) is 0 Å². The van der Waals surface area contributed by atoms with E-state index in [-0.39, 0.29) is 12.2 Å². The lowest BCUT2D eigenvalue weighted by molar-refractivity contribution is 0.0989. The summed E-state index contributed by atoms with van der Waals surface area (Å²) < 4.78 is 1.69. The van der Waals surface area contributed by atoms with Gasteiger partial charge in [0.15, 0.2) is 5.78 Å². The van der Waals surface area contributed by atoms with Crippen LogP contribution in [0.2, 0.25) is 5.02 Å². The Morgan fingerprint density at radius 2 is 2.05 bits per heavy atom. The predicted molar refractivity (Wildman–Crippen MR) is 79.3 cm³/mol. The molecule has 0 spiro atoms. The van der Waals surface area contributed by atoms with Crippen molar-refractivity contribution in [1.82, 2.24) is 14.8 Å². The van der Waals surface area contributed by atoms with Crippen molar-refractivity contribution in [2.45, 2.75) is 33.6 Å². The van der Waals surface area contributed by atoms with Gasteiger partial charge in [0, 0.05) is 24.0 Å². The summed E-state index contributed by atoms with van der Waals surface area (Å²) in [5, 5.41) is 4.93. The quantitative estimate of drug-likeness (QED) is 0.813. The van der Waals surface area contributed by atoms with Gasteiger partial charge in [-0.2, -0.15) is 5.10 Å². The van der Waals surface area contributed by atoms with Crippen molar-refractivity contribution in [3.05, 3.63) is 45.5 Å². The summed E-state index contributed by atoms with van der Waals surface area (Å²) in [7, 11) is 1.81. The summed E-state index contributed by atoms with van der Waals surface area (Å²) in [6, 6.07) is 3.67. The monoisotopic (exact) mass is 291 g/mol. The molecule has 0 atom stereocenters. The van der Waals surface area contributed by atoms with E-state index in [9.17, 15) is 4.79 Å². The predicted octanol–water partition coefficient (Wildman–Crippen LogP) is 3.07. The third-order valence-electron chi connectivity index (χ3n) is 3.36. The second-order valence-electron chi connectivity index (χ2n) is 4.87. The van der Waals surface area contributed by atoms with Crippen molar-refractivity contribution in [2.24, 2.45) is 7.05 Å². The number of carbonyl (C=O) groups excluding carboxylic acids is 1. The second kappa shape index (κ2) is 5.75. The van der Waals surface area contributed by atoms with E-state index in [1.165, 1.54) is 0 Å². The molecule has 4 nitrogen and oxygen atoms in total. The van der Waals surface area contributed by atoms with Crippen LogP contribution in [0, 0.1) is 13.8 Å². The Labute approximate surface area is 123 Å². The first-order valence-electron chi connectivity index (χ1n) is 6.61. The highest BCUT2D eigenvalue weighted by Gasteiger charge is 2.18. The van der Waals surface area contributed by atoms with E-state index in [2.05, 4.69) is 10.1 Å². The lowest BCUT2D eigenvalue weighted by Gasteiger charge is -2.06. The highest BCUT2D eigenvalue weighted by atomic mass is 35.5. The highest BCUT2D eigenvalue weighted by Crippen LogP contribution is 2.22. The van der Waals surface area contributed by atoms with Crippen LogP contribution < -0.4 is 0 Å². The lowest BCUT2D eigenvalue weighted by atomic mass is 10.0. The third kappa shape index (κ3) is 2.75. The first kappa shape index (κ1) is 14.7. The van der Waals surface area contributed by atoms with Gasteiger partial charge in [-0.05, 0) is 32.4 Å². The maximum absolute atomic E-state index is 12.4. The van der Waals surface area contributed by atoms with Gasteiger partial charge < -0.3 is 0 Å². The van der Waals surface area contributed by atoms with E-state index in [0.29, 0.717) is 10.6 Å². The van der Waals surface area contributed by atoms with Gasteiger partial charge in [0.05, 0.1) is 22.8 Å². The van der Waals surface area contributed by atoms with Crippen molar-refractivity contribution < 1.29 is 4.79 Å². The number of Topliss-reactive ketones (excluding diaryl/α,β-unsaturated/α-hetero) is 1. The number of ketones is 1. The number of rotatable bonds is 4. The molecule has 0 saturated carbocycles.